The summed E-state index contributed by atoms with van der Waals surface area (Å²) >= 11 is 0. The van der Waals surface area contributed by atoms with E-state index < -0.39 is 0 Å². The van der Waals surface area contributed by atoms with Crippen LogP contribution < -0.4 is 0 Å². The number of rotatable bonds is 1. The van der Waals surface area contributed by atoms with Crippen molar-refractivity contribution in [1.29, 1.82) is 0 Å². The fourth-order valence-corrected chi connectivity index (χ4v) is 1.57. The smallest absolute Gasteiger partial charge is 0.156 e. The van der Waals surface area contributed by atoms with E-state index >= 15 is 0 Å². The van der Waals surface area contributed by atoms with Crippen LogP contribution in [-0.2, 0) is 0 Å². The molecule has 0 aliphatic heterocycles. The molecule has 0 atom stereocenters. The van der Waals surface area contributed by atoms with Gasteiger partial charge in [-0.1, -0.05) is 0 Å². The van der Waals surface area contributed by atoms with Crippen LogP contribution in [0.4, 0.5) is 0 Å². The summed E-state index contributed by atoms with van der Waals surface area (Å²) in [5.74, 6) is 0.784. The molecule has 0 saturated heterocycles. The average molecular weight is 196 g/mol. The molecule has 0 amide bonds. The standard InChI is InChI=1S/C11H8N4/c1-2-9-3-7-15(11(9)14-4-1)10-8-12-5-6-13-10/h1-8H. The topological polar surface area (TPSA) is 43.6 Å². The molecule has 3 rings (SSSR count). The van der Waals surface area contributed by atoms with E-state index in [1.165, 1.54) is 0 Å². The molecule has 0 saturated carbocycles. The second kappa shape index (κ2) is 3.16. The van der Waals surface area contributed by atoms with Crippen molar-refractivity contribution in [2.45, 2.75) is 0 Å². The highest BCUT2D eigenvalue weighted by Crippen LogP contribution is 2.15. The second-order valence-corrected chi connectivity index (χ2v) is 3.17. The normalized spacial score (nSPS) is 10.7. The van der Waals surface area contributed by atoms with Crippen molar-refractivity contribution >= 4 is 11.0 Å². The first-order valence-electron chi connectivity index (χ1n) is 4.63. The maximum absolute atomic E-state index is 4.31. The first kappa shape index (κ1) is 8.11. The summed E-state index contributed by atoms with van der Waals surface area (Å²) < 4.78 is 1.92. The van der Waals surface area contributed by atoms with Gasteiger partial charge in [-0.05, 0) is 18.2 Å². The van der Waals surface area contributed by atoms with Gasteiger partial charge in [-0.3, -0.25) is 9.55 Å². The van der Waals surface area contributed by atoms with Crippen LogP contribution in [0.5, 0.6) is 0 Å². The van der Waals surface area contributed by atoms with E-state index in [2.05, 4.69) is 15.0 Å². The highest BCUT2D eigenvalue weighted by Gasteiger charge is 2.03. The largest absolute Gasteiger partial charge is 0.284 e. The first-order valence-corrected chi connectivity index (χ1v) is 4.63. The van der Waals surface area contributed by atoms with Crippen molar-refractivity contribution in [2.75, 3.05) is 0 Å². The third-order valence-electron chi connectivity index (χ3n) is 2.24. The lowest BCUT2D eigenvalue weighted by Crippen LogP contribution is -1.96. The zero-order chi connectivity index (χ0) is 10.1. The molecule has 0 radical (unpaired) electrons. The quantitative estimate of drug-likeness (QED) is 0.596. The lowest BCUT2D eigenvalue weighted by atomic mass is 10.3. The van der Waals surface area contributed by atoms with Gasteiger partial charge in [-0.2, -0.15) is 0 Å². The minimum Gasteiger partial charge on any atom is -0.284 e. The molecular formula is C11H8N4. The number of aromatic nitrogens is 4. The van der Waals surface area contributed by atoms with Crippen molar-refractivity contribution in [3.63, 3.8) is 0 Å². The molecule has 3 heterocycles. The van der Waals surface area contributed by atoms with Gasteiger partial charge in [0.25, 0.3) is 0 Å². The van der Waals surface area contributed by atoms with Crippen LogP contribution in [0.2, 0.25) is 0 Å². The van der Waals surface area contributed by atoms with Crippen LogP contribution in [0.15, 0.2) is 49.2 Å². The molecule has 0 fully saturated rings. The van der Waals surface area contributed by atoms with Gasteiger partial charge in [0.15, 0.2) is 5.82 Å². The van der Waals surface area contributed by atoms with Gasteiger partial charge in [0.05, 0.1) is 6.20 Å². The van der Waals surface area contributed by atoms with E-state index in [1.54, 1.807) is 24.8 Å². The summed E-state index contributed by atoms with van der Waals surface area (Å²) in [4.78, 5) is 12.6. The molecule has 72 valence electrons. The molecule has 0 N–H and O–H groups in total. The van der Waals surface area contributed by atoms with E-state index in [9.17, 15) is 0 Å². The predicted molar refractivity (Wildman–Crippen MR) is 56.7 cm³/mol. The van der Waals surface area contributed by atoms with Crippen LogP contribution in [0, 0.1) is 0 Å². The van der Waals surface area contributed by atoms with Crippen molar-refractivity contribution in [3.8, 4) is 5.82 Å². The van der Waals surface area contributed by atoms with E-state index in [1.807, 2.05) is 29.0 Å². The molecular weight excluding hydrogens is 188 g/mol. The van der Waals surface area contributed by atoms with Crippen LogP contribution in [0.1, 0.15) is 0 Å². The van der Waals surface area contributed by atoms with Gasteiger partial charge < -0.3 is 0 Å². The molecule has 0 aliphatic carbocycles. The van der Waals surface area contributed by atoms with Crippen molar-refractivity contribution in [3.05, 3.63) is 49.2 Å². The Hall–Kier alpha value is -2.23. The molecule has 4 heteroatoms. The Balaban J connectivity index is 2.28. The predicted octanol–water partition coefficient (Wildman–Crippen LogP) is 1.82. The van der Waals surface area contributed by atoms with Crippen molar-refractivity contribution < 1.29 is 0 Å². The van der Waals surface area contributed by atoms with Crippen LogP contribution in [0.3, 0.4) is 0 Å². The van der Waals surface area contributed by atoms with E-state index in [0.29, 0.717) is 0 Å². The summed E-state index contributed by atoms with van der Waals surface area (Å²) in [5.41, 5.74) is 0.901. The summed E-state index contributed by atoms with van der Waals surface area (Å²) in [7, 11) is 0. The third-order valence-corrected chi connectivity index (χ3v) is 2.24. The van der Waals surface area contributed by atoms with Crippen molar-refractivity contribution in [2.24, 2.45) is 0 Å². The number of nitrogens with zero attached hydrogens (tertiary/aromatic N) is 4. The molecule has 0 aliphatic rings. The molecule has 0 bridgehead atoms. The third kappa shape index (κ3) is 1.27. The average Bonchev–Trinajstić information content (AvgIpc) is 2.74. The summed E-state index contributed by atoms with van der Waals surface area (Å²) in [6.07, 6.45) is 8.76. The Bertz CT molecular complexity index is 586. The van der Waals surface area contributed by atoms with Crippen LogP contribution >= 0.6 is 0 Å². The Labute approximate surface area is 86.2 Å². The van der Waals surface area contributed by atoms with Crippen LogP contribution in [0.25, 0.3) is 16.9 Å². The zero-order valence-electron chi connectivity index (χ0n) is 7.91. The van der Waals surface area contributed by atoms with E-state index in [4.69, 9.17) is 0 Å². The monoisotopic (exact) mass is 196 g/mol. The fraction of sp³-hybridized carbons (Fsp3) is 0. The van der Waals surface area contributed by atoms with Crippen molar-refractivity contribution in [1.82, 2.24) is 19.5 Å². The van der Waals surface area contributed by atoms with Gasteiger partial charge in [0.1, 0.15) is 5.65 Å². The minimum absolute atomic E-state index is 0.784. The fourth-order valence-electron chi connectivity index (χ4n) is 1.57. The summed E-state index contributed by atoms with van der Waals surface area (Å²) in [5, 5.41) is 1.10. The molecule has 15 heavy (non-hydrogen) atoms. The molecule has 0 unspecified atom stereocenters. The Morgan fingerprint density at radius 3 is 2.87 bits per heavy atom. The van der Waals surface area contributed by atoms with Gasteiger partial charge >= 0.3 is 0 Å². The minimum atomic E-state index is 0.784. The number of hydrogen-bond donors (Lipinski definition) is 0. The Kier molecular flexibility index (Phi) is 1.71. The zero-order valence-corrected chi connectivity index (χ0v) is 7.91. The van der Waals surface area contributed by atoms with Gasteiger partial charge in [-0.15, -0.1) is 0 Å². The lowest BCUT2D eigenvalue weighted by molar-refractivity contribution is 0.996. The molecule has 3 aromatic heterocycles. The molecule has 4 nitrogen and oxygen atoms in total. The Morgan fingerprint density at radius 2 is 2.00 bits per heavy atom. The van der Waals surface area contributed by atoms with E-state index in [-0.39, 0.29) is 0 Å². The Morgan fingerprint density at radius 1 is 1.00 bits per heavy atom. The highest BCUT2D eigenvalue weighted by atomic mass is 15.1. The lowest BCUT2D eigenvalue weighted by Gasteiger charge is -2.01. The molecule has 0 aromatic carbocycles. The molecule has 3 aromatic rings. The number of pyridine rings is 1. The van der Waals surface area contributed by atoms with Gasteiger partial charge in [0.2, 0.25) is 0 Å². The van der Waals surface area contributed by atoms with Crippen LogP contribution in [-0.4, -0.2) is 19.5 Å². The van der Waals surface area contributed by atoms with Gasteiger partial charge in [-0.25, -0.2) is 9.97 Å². The van der Waals surface area contributed by atoms with E-state index in [0.717, 1.165) is 16.9 Å². The number of hydrogen-bond acceptors (Lipinski definition) is 3. The number of fused-ring (bicyclic) bond motifs is 1. The summed E-state index contributed by atoms with van der Waals surface area (Å²) in [6, 6.07) is 5.95. The highest BCUT2D eigenvalue weighted by molar-refractivity contribution is 5.77. The maximum Gasteiger partial charge on any atom is 0.156 e. The maximum atomic E-state index is 4.31. The molecule has 0 spiro atoms. The first-order chi connectivity index (χ1) is 7.45. The second-order valence-electron chi connectivity index (χ2n) is 3.17. The summed E-state index contributed by atoms with van der Waals surface area (Å²) in [6.45, 7) is 0. The SMILES string of the molecule is c1cnc2c(c1)ccn2-c1cnccn1. The van der Waals surface area contributed by atoms with Gasteiger partial charge in [0, 0.05) is 30.2 Å².